The minimum atomic E-state index is -0.371. The molecule has 1 aromatic rings. The van der Waals surface area contributed by atoms with E-state index >= 15 is 0 Å². The van der Waals surface area contributed by atoms with E-state index in [-0.39, 0.29) is 11.6 Å². The Morgan fingerprint density at radius 1 is 1.75 bits per heavy atom. The van der Waals surface area contributed by atoms with E-state index in [2.05, 4.69) is 5.32 Å². The minimum absolute atomic E-state index is 0.130. The van der Waals surface area contributed by atoms with Crippen LogP contribution in [0.15, 0.2) is 18.3 Å². The summed E-state index contributed by atoms with van der Waals surface area (Å²) in [5, 5.41) is 11.5. The Morgan fingerprint density at radius 2 is 2.42 bits per heavy atom. The van der Waals surface area contributed by atoms with E-state index in [0.717, 1.165) is 4.73 Å². The zero-order valence-electron chi connectivity index (χ0n) is 6.44. The number of carbonyl (C=O) groups is 1. The van der Waals surface area contributed by atoms with Gasteiger partial charge in [0.05, 0.1) is 0 Å². The van der Waals surface area contributed by atoms with Crippen molar-refractivity contribution in [3.63, 3.8) is 0 Å². The van der Waals surface area contributed by atoms with Crippen LogP contribution < -0.4 is 5.32 Å². The van der Waals surface area contributed by atoms with Gasteiger partial charge in [-0.15, -0.1) is 0 Å². The van der Waals surface area contributed by atoms with Crippen molar-refractivity contribution < 1.29 is 10.0 Å². The van der Waals surface area contributed by atoms with Crippen LogP contribution in [-0.4, -0.2) is 22.9 Å². The van der Waals surface area contributed by atoms with Crippen molar-refractivity contribution in [2.75, 3.05) is 7.05 Å². The Bertz CT molecular complexity index is 359. The van der Waals surface area contributed by atoms with Crippen LogP contribution in [0.3, 0.4) is 0 Å². The van der Waals surface area contributed by atoms with Gasteiger partial charge in [-0.05, 0) is 12.1 Å². The highest BCUT2D eigenvalue weighted by Gasteiger charge is 2.06. The SMILES string of the molecule is CNC(=O)c1cc(=S)ccn1O. The molecular weight excluding hydrogens is 176 g/mol. The number of hydrogen-bond donors (Lipinski definition) is 2. The maximum Gasteiger partial charge on any atom is 0.271 e. The van der Waals surface area contributed by atoms with Gasteiger partial charge < -0.3 is 10.5 Å². The maximum absolute atomic E-state index is 11.0. The molecule has 1 amide bonds. The molecule has 5 heteroatoms. The van der Waals surface area contributed by atoms with E-state index in [1.165, 1.54) is 25.4 Å². The molecule has 0 saturated carbocycles. The van der Waals surface area contributed by atoms with Crippen molar-refractivity contribution in [1.82, 2.24) is 10.0 Å². The largest absolute Gasteiger partial charge is 0.428 e. The summed E-state index contributed by atoms with van der Waals surface area (Å²) in [5.41, 5.74) is 0.130. The van der Waals surface area contributed by atoms with Crippen molar-refractivity contribution in [3.8, 4) is 0 Å². The molecule has 64 valence electrons. The highest BCUT2D eigenvalue weighted by atomic mass is 32.1. The van der Waals surface area contributed by atoms with Gasteiger partial charge in [0.1, 0.15) is 5.69 Å². The van der Waals surface area contributed by atoms with Gasteiger partial charge in [0.15, 0.2) is 0 Å². The quantitative estimate of drug-likeness (QED) is 0.501. The molecule has 2 N–H and O–H groups in total. The number of rotatable bonds is 1. The predicted molar refractivity (Wildman–Crippen MR) is 45.8 cm³/mol. The number of hydrogen-bond acceptors (Lipinski definition) is 3. The highest BCUT2D eigenvalue weighted by molar-refractivity contribution is 7.71. The van der Waals surface area contributed by atoms with Crippen LogP contribution in [0.5, 0.6) is 0 Å². The second kappa shape index (κ2) is 3.36. The number of pyridine rings is 1. The van der Waals surface area contributed by atoms with Gasteiger partial charge in [0, 0.05) is 17.8 Å². The average molecular weight is 184 g/mol. The lowest BCUT2D eigenvalue weighted by molar-refractivity contribution is 0.0908. The Balaban J connectivity index is 3.22. The molecule has 0 aliphatic rings. The summed E-state index contributed by atoms with van der Waals surface area (Å²) in [7, 11) is 1.48. The Labute approximate surface area is 74.4 Å². The molecule has 0 fully saturated rings. The first kappa shape index (κ1) is 8.73. The van der Waals surface area contributed by atoms with Gasteiger partial charge in [-0.25, -0.2) is 0 Å². The van der Waals surface area contributed by atoms with Gasteiger partial charge in [-0.1, -0.05) is 12.2 Å². The Hall–Kier alpha value is -1.36. The monoisotopic (exact) mass is 184 g/mol. The molecule has 0 bridgehead atoms. The van der Waals surface area contributed by atoms with Crippen LogP contribution in [-0.2, 0) is 0 Å². The van der Waals surface area contributed by atoms with Crippen LogP contribution in [0.1, 0.15) is 10.5 Å². The van der Waals surface area contributed by atoms with Gasteiger partial charge in [-0.2, -0.15) is 4.73 Å². The van der Waals surface area contributed by atoms with E-state index in [0.29, 0.717) is 4.51 Å². The average Bonchev–Trinajstić information content (AvgIpc) is 2.08. The van der Waals surface area contributed by atoms with Crippen LogP contribution in [0.2, 0.25) is 0 Å². The van der Waals surface area contributed by atoms with Crippen molar-refractivity contribution in [3.05, 3.63) is 28.5 Å². The van der Waals surface area contributed by atoms with Crippen LogP contribution >= 0.6 is 12.2 Å². The fourth-order valence-electron chi connectivity index (χ4n) is 0.771. The van der Waals surface area contributed by atoms with Gasteiger partial charge in [0.25, 0.3) is 5.91 Å². The summed E-state index contributed by atoms with van der Waals surface area (Å²) in [6, 6.07) is 2.95. The summed E-state index contributed by atoms with van der Waals surface area (Å²) < 4.78 is 1.24. The van der Waals surface area contributed by atoms with Gasteiger partial charge >= 0.3 is 0 Å². The fraction of sp³-hybridized carbons (Fsp3) is 0.143. The molecule has 1 aromatic heterocycles. The van der Waals surface area contributed by atoms with E-state index in [1.807, 2.05) is 0 Å². The molecule has 12 heavy (non-hydrogen) atoms. The fourth-order valence-corrected chi connectivity index (χ4v) is 0.944. The Morgan fingerprint density at radius 3 is 3.00 bits per heavy atom. The number of nitrogens with zero attached hydrogens (tertiary/aromatic N) is 1. The number of amides is 1. The summed E-state index contributed by atoms with van der Waals surface area (Å²) >= 11 is 4.82. The van der Waals surface area contributed by atoms with Crippen LogP contribution in [0, 0.1) is 4.51 Å². The molecule has 1 heterocycles. The third kappa shape index (κ3) is 1.62. The lowest BCUT2D eigenvalue weighted by Crippen LogP contribution is -2.22. The topological polar surface area (TPSA) is 54.3 Å². The number of nitrogens with one attached hydrogen (secondary N) is 1. The number of aromatic nitrogens is 1. The maximum atomic E-state index is 11.0. The van der Waals surface area contributed by atoms with Gasteiger partial charge in [0.2, 0.25) is 0 Å². The van der Waals surface area contributed by atoms with Crippen molar-refractivity contribution >= 4 is 18.1 Å². The van der Waals surface area contributed by atoms with E-state index in [4.69, 9.17) is 17.4 Å². The van der Waals surface area contributed by atoms with Crippen molar-refractivity contribution in [2.45, 2.75) is 0 Å². The molecule has 0 aliphatic heterocycles. The minimum Gasteiger partial charge on any atom is -0.428 e. The summed E-state index contributed by atoms with van der Waals surface area (Å²) in [4.78, 5) is 11.0. The molecule has 0 spiro atoms. The van der Waals surface area contributed by atoms with Crippen molar-refractivity contribution in [1.29, 1.82) is 0 Å². The van der Waals surface area contributed by atoms with Crippen molar-refractivity contribution in [2.24, 2.45) is 0 Å². The molecule has 0 radical (unpaired) electrons. The van der Waals surface area contributed by atoms with E-state index in [1.54, 1.807) is 0 Å². The third-order valence-electron chi connectivity index (χ3n) is 1.37. The number of carbonyl (C=O) groups excluding carboxylic acids is 1. The standard InChI is InChI=1S/C7H8N2O2S/c1-8-7(10)6-4-5(12)2-3-9(6)11/h2-4,11H,1H3,(H,8,10). The molecular formula is C7H8N2O2S. The first-order valence-electron chi connectivity index (χ1n) is 3.29. The molecule has 1 rings (SSSR count). The molecule has 0 saturated heterocycles. The second-order valence-electron chi connectivity index (χ2n) is 2.17. The highest BCUT2D eigenvalue weighted by Crippen LogP contribution is 1.99. The van der Waals surface area contributed by atoms with Crippen LogP contribution in [0.25, 0.3) is 0 Å². The predicted octanol–water partition coefficient (Wildman–Crippen LogP) is 0.814. The zero-order valence-corrected chi connectivity index (χ0v) is 7.26. The molecule has 0 atom stereocenters. The van der Waals surface area contributed by atoms with Gasteiger partial charge in [-0.3, -0.25) is 4.79 Å². The Kier molecular flexibility index (Phi) is 2.44. The zero-order chi connectivity index (χ0) is 9.14. The van der Waals surface area contributed by atoms with E-state index in [9.17, 15) is 4.79 Å². The molecule has 0 aliphatic carbocycles. The summed E-state index contributed by atoms with van der Waals surface area (Å²) in [6.07, 6.45) is 1.33. The normalized spacial score (nSPS) is 9.42. The third-order valence-corrected chi connectivity index (χ3v) is 1.62. The first-order valence-corrected chi connectivity index (χ1v) is 3.70. The smallest absolute Gasteiger partial charge is 0.271 e. The molecule has 0 aromatic carbocycles. The molecule has 0 unspecified atom stereocenters. The lowest BCUT2D eigenvalue weighted by Gasteiger charge is -2.03. The van der Waals surface area contributed by atoms with Crippen LogP contribution in [0.4, 0.5) is 0 Å². The lowest BCUT2D eigenvalue weighted by atomic mass is 10.3. The molecule has 4 nitrogen and oxygen atoms in total. The second-order valence-corrected chi connectivity index (χ2v) is 2.64. The summed E-state index contributed by atoms with van der Waals surface area (Å²) in [6.45, 7) is 0. The summed E-state index contributed by atoms with van der Waals surface area (Å²) in [5.74, 6) is -0.371. The van der Waals surface area contributed by atoms with E-state index < -0.39 is 0 Å². The first-order chi connectivity index (χ1) is 5.65.